The van der Waals surface area contributed by atoms with Gasteiger partial charge < -0.3 is 35.5 Å². The minimum Gasteiger partial charge on any atom is -0.488 e. The van der Waals surface area contributed by atoms with E-state index in [1.807, 2.05) is 30.3 Å². The van der Waals surface area contributed by atoms with Crippen LogP contribution in [0.2, 0.25) is 10.0 Å². The van der Waals surface area contributed by atoms with Crippen molar-refractivity contribution in [3.05, 3.63) is 117 Å². The van der Waals surface area contributed by atoms with E-state index in [0.717, 1.165) is 75.3 Å². The zero-order chi connectivity index (χ0) is 50.3. The highest BCUT2D eigenvalue weighted by atomic mass is 35.5. The first kappa shape index (κ1) is 51.3. The highest BCUT2D eigenvalue weighted by molar-refractivity contribution is 6.34. The number of primary amides is 1. The number of rotatable bonds is 16. The lowest BCUT2D eigenvalue weighted by Crippen LogP contribution is -2.49. The number of amides is 6. The van der Waals surface area contributed by atoms with Crippen LogP contribution in [0.5, 0.6) is 5.75 Å². The maximum absolute atomic E-state index is 16.4. The van der Waals surface area contributed by atoms with Gasteiger partial charge in [-0.2, -0.15) is 0 Å². The van der Waals surface area contributed by atoms with E-state index in [9.17, 15) is 24.0 Å². The molecule has 3 heterocycles. The van der Waals surface area contributed by atoms with E-state index in [-0.39, 0.29) is 101 Å². The van der Waals surface area contributed by atoms with Gasteiger partial charge in [0.25, 0.3) is 5.91 Å². The quantitative estimate of drug-likeness (QED) is 0.0852. The van der Waals surface area contributed by atoms with Gasteiger partial charge in [-0.3, -0.25) is 29.4 Å². The van der Waals surface area contributed by atoms with Gasteiger partial charge >= 0.3 is 6.03 Å². The van der Waals surface area contributed by atoms with Crippen molar-refractivity contribution in [2.45, 2.75) is 120 Å². The van der Waals surface area contributed by atoms with Crippen LogP contribution in [0.15, 0.2) is 78.9 Å². The molecule has 0 aromatic heterocycles. The van der Waals surface area contributed by atoms with Crippen molar-refractivity contribution in [3.8, 4) is 16.9 Å². The summed E-state index contributed by atoms with van der Waals surface area (Å²) in [6.07, 6.45) is 9.99. The molecule has 17 heteroatoms. The first-order valence-corrected chi connectivity index (χ1v) is 26.2. The molecule has 2 atom stereocenters. The lowest BCUT2D eigenvalue weighted by molar-refractivity contribution is -0.128. The Balaban J connectivity index is 0.734. The van der Waals surface area contributed by atoms with Crippen molar-refractivity contribution >= 4 is 58.5 Å². The van der Waals surface area contributed by atoms with Crippen LogP contribution < -0.4 is 31.3 Å². The molecule has 382 valence electrons. The van der Waals surface area contributed by atoms with Crippen molar-refractivity contribution in [1.29, 1.82) is 0 Å². The van der Waals surface area contributed by atoms with Crippen LogP contribution in [0, 0.1) is 11.7 Å². The summed E-state index contributed by atoms with van der Waals surface area (Å²) < 4.78 is 34.5. The molecule has 0 radical (unpaired) electrons. The summed E-state index contributed by atoms with van der Waals surface area (Å²) in [5, 5.41) is 10.1. The van der Waals surface area contributed by atoms with Crippen LogP contribution >= 0.6 is 23.2 Å². The highest BCUT2D eigenvalue weighted by Crippen LogP contribution is 2.40. The van der Waals surface area contributed by atoms with E-state index in [2.05, 4.69) is 28.1 Å². The Morgan fingerprint density at radius 2 is 1.53 bits per heavy atom. The molecule has 5 aliphatic rings. The fourth-order valence-corrected chi connectivity index (χ4v) is 11.4. The van der Waals surface area contributed by atoms with Gasteiger partial charge in [0.15, 0.2) is 11.6 Å². The first-order valence-electron chi connectivity index (χ1n) is 25.5. The molecule has 9 rings (SSSR count). The van der Waals surface area contributed by atoms with Crippen molar-refractivity contribution in [3.63, 3.8) is 0 Å². The number of halogens is 3. The molecule has 6 amide bonds. The van der Waals surface area contributed by atoms with Gasteiger partial charge in [-0.25, -0.2) is 9.18 Å². The van der Waals surface area contributed by atoms with Crippen LogP contribution in [0.25, 0.3) is 11.1 Å². The SMILES string of the molecule is NC(=O)c1ccc(OC[C@@H]2CCCO2)c(F)c1-c1cc(C(CNC2CCC(NC(=O)C3CCC(OC4CCN(C(=O)c5ccc(Cl)c(N6CCC(=O)NC6=O)c5)CC4)CC3)CC2)c2ccccc2)ccc1Cl. The van der Waals surface area contributed by atoms with Gasteiger partial charge in [0.1, 0.15) is 6.61 Å². The molecule has 5 N–H and O–H groups in total. The maximum Gasteiger partial charge on any atom is 0.328 e. The lowest BCUT2D eigenvalue weighted by atomic mass is 9.85. The smallest absolute Gasteiger partial charge is 0.328 e. The molecule has 4 aromatic rings. The van der Waals surface area contributed by atoms with Gasteiger partial charge in [0.2, 0.25) is 17.7 Å². The third-order valence-corrected chi connectivity index (χ3v) is 15.7. The monoisotopic (exact) mass is 1020 g/mol. The second kappa shape index (κ2) is 23.5. The minimum atomic E-state index is -0.773. The summed E-state index contributed by atoms with van der Waals surface area (Å²) in [5.74, 6) is -2.02. The van der Waals surface area contributed by atoms with Crippen LogP contribution in [-0.2, 0) is 19.1 Å². The number of nitrogens with two attached hydrogens (primary N) is 1. The Bertz CT molecular complexity index is 2610. The second-order valence-electron chi connectivity index (χ2n) is 19.8. The average Bonchev–Trinajstić information content (AvgIpc) is 3.92. The summed E-state index contributed by atoms with van der Waals surface area (Å²) in [4.78, 5) is 67.1. The van der Waals surface area contributed by atoms with Crippen molar-refractivity contribution in [2.75, 3.05) is 44.3 Å². The molecule has 0 bridgehead atoms. The Morgan fingerprint density at radius 1 is 0.806 bits per heavy atom. The van der Waals surface area contributed by atoms with E-state index in [1.54, 1.807) is 29.2 Å². The number of carbonyl (C=O) groups excluding carboxylic acids is 5. The predicted octanol–water partition coefficient (Wildman–Crippen LogP) is 8.93. The normalized spacial score (nSPS) is 23.3. The molecule has 3 saturated heterocycles. The van der Waals surface area contributed by atoms with E-state index in [1.165, 1.54) is 17.0 Å². The molecule has 0 spiro atoms. The highest BCUT2D eigenvalue weighted by Gasteiger charge is 2.34. The van der Waals surface area contributed by atoms with E-state index >= 15 is 4.39 Å². The van der Waals surface area contributed by atoms with E-state index in [4.69, 9.17) is 43.1 Å². The molecular weight excluding hydrogens is 963 g/mol. The fourth-order valence-electron chi connectivity index (χ4n) is 11.0. The average molecular weight is 1030 g/mol. The predicted molar refractivity (Wildman–Crippen MR) is 273 cm³/mol. The molecule has 14 nitrogen and oxygen atoms in total. The van der Waals surface area contributed by atoms with Gasteiger partial charge in [-0.05, 0) is 131 Å². The number of hydrogen-bond acceptors (Lipinski definition) is 9. The number of nitrogens with zero attached hydrogens (tertiary/aromatic N) is 2. The van der Waals surface area contributed by atoms with Crippen molar-refractivity contribution < 1.29 is 42.6 Å². The summed E-state index contributed by atoms with van der Waals surface area (Å²) in [7, 11) is 0. The zero-order valence-corrected chi connectivity index (χ0v) is 41.9. The van der Waals surface area contributed by atoms with E-state index in [0.29, 0.717) is 60.9 Å². The second-order valence-corrected chi connectivity index (χ2v) is 20.6. The molecule has 1 unspecified atom stereocenters. The Hall–Kier alpha value is -5.58. The van der Waals surface area contributed by atoms with Gasteiger partial charge in [0.05, 0.1) is 34.6 Å². The third kappa shape index (κ3) is 12.3. The maximum atomic E-state index is 16.4. The number of likely N-dealkylation sites (tertiary alicyclic amines) is 1. The fraction of sp³-hybridized carbons (Fsp3) is 0.473. The van der Waals surface area contributed by atoms with Crippen LogP contribution in [0.1, 0.15) is 121 Å². The van der Waals surface area contributed by atoms with Crippen molar-refractivity contribution in [1.82, 2.24) is 20.9 Å². The van der Waals surface area contributed by atoms with Crippen LogP contribution in [-0.4, -0.2) is 104 Å². The van der Waals surface area contributed by atoms with Gasteiger partial charge in [-0.1, -0.05) is 59.6 Å². The van der Waals surface area contributed by atoms with Crippen LogP contribution in [0.4, 0.5) is 14.9 Å². The molecule has 4 aromatic carbocycles. The largest absolute Gasteiger partial charge is 0.488 e. The Labute approximate surface area is 429 Å². The Morgan fingerprint density at radius 3 is 2.24 bits per heavy atom. The molecular formula is C55H63Cl2FN6O8. The number of carbonyl (C=O) groups is 5. The van der Waals surface area contributed by atoms with Crippen molar-refractivity contribution in [2.24, 2.45) is 11.7 Å². The number of urea groups is 1. The molecule has 2 aliphatic carbocycles. The Kier molecular flexibility index (Phi) is 16.8. The summed E-state index contributed by atoms with van der Waals surface area (Å²) >= 11 is 13.2. The third-order valence-electron chi connectivity index (χ3n) is 15.1. The molecule has 72 heavy (non-hydrogen) atoms. The summed E-state index contributed by atoms with van der Waals surface area (Å²) in [6, 6.07) is 23.2. The van der Waals surface area contributed by atoms with E-state index < -0.39 is 17.8 Å². The summed E-state index contributed by atoms with van der Waals surface area (Å²) in [5.41, 5.74) is 8.95. The number of nitrogens with one attached hydrogen (secondary N) is 3. The number of benzene rings is 4. The number of anilines is 1. The lowest BCUT2D eigenvalue weighted by Gasteiger charge is -2.36. The summed E-state index contributed by atoms with van der Waals surface area (Å²) in [6.45, 7) is 2.70. The topological polar surface area (TPSA) is 182 Å². The van der Waals surface area contributed by atoms with Gasteiger partial charge in [-0.15, -0.1) is 0 Å². The molecule has 5 fully saturated rings. The minimum absolute atomic E-state index is 0.000724. The first-order chi connectivity index (χ1) is 34.9. The molecule has 2 saturated carbocycles. The molecule has 3 aliphatic heterocycles. The number of hydrogen-bond donors (Lipinski definition) is 4. The van der Waals surface area contributed by atoms with Crippen LogP contribution in [0.3, 0.4) is 0 Å². The van der Waals surface area contributed by atoms with Gasteiger partial charge in [0, 0.05) is 84.8 Å². The number of piperidine rings is 1. The zero-order valence-electron chi connectivity index (χ0n) is 40.4. The number of imide groups is 1. The number of ether oxygens (including phenoxy) is 3. The standard InChI is InChI=1S/C55H63Cl2FN6O8/c56-45-19-10-35(29-43(45)50-42(52(59)66)18-21-48(51(50)58)71-32-41-7-4-28-70-41)44(33-5-2-1-3-6-33)31-60-37-12-14-38(15-13-37)61-53(67)34-8-16-39(17-9-34)72-40-22-25-63(26-23-40)54(68)36-11-20-46(57)47(30-36)64-27-24-49(65)62-55(64)69/h1-3,5-6,10-11,18-21,29-30,34,37-41,44,60H,4,7-9,12-17,22-28,31-32H2,(H2,59,66)(H,61,67)(H,62,65,69)/t34?,37?,38?,39?,41-,44?/m0/s1.